The maximum Gasteiger partial charge on any atom is 0.340 e. The molecule has 3 aromatic rings. The lowest BCUT2D eigenvalue weighted by atomic mass is 9.71. The number of amides is 1. The van der Waals surface area contributed by atoms with E-state index >= 15 is 0 Å². The third kappa shape index (κ3) is 4.66. The highest BCUT2D eigenvalue weighted by Crippen LogP contribution is 2.40. The standard InChI is InChI=1S/C30H35NO5/c1-19-15-25(35-21(3)28(32)31-14-13-30(34)12-8-7-11-23(30)18-31)27-20(2)24(29(33)36-26(27)16-19)17-22-9-5-4-6-10-22/h4-6,9-10,15-16,21,23,34H,7-8,11-14,17-18H2,1-3H3/t21-,23-,30-/m1/s1. The quantitative estimate of drug-likeness (QED) is 0.515. The monoisotopic (exact) mass is 489 g/mol. The molecule has 36 heavy (non-hydrogen) atoms. The van der Waals surface area contributed by atoms with Crippen molar-refractivity contribution in [2.45, 2.75) is 71.0 Å². The summed E-state index contributed by atoms with van der Waals surface area (Å²) >= 11 is 0. The van der Waals surface area contributed by atoms with Gasteiger partial charge in [-0.2, -0.15) is 0 Å². The summed E-state index contributed by atoms with van der Waals surface area (Å²) in [4.78, 5) is 28.1. The lowest BCUT2D eigenvalue weighted by molar-refractivity contribution is -0.149. The van der Waals surface area contributed by atoms with Crippen molar-refractivity contribution in [1.82, 2.24) is 4.90 Å². The summed E-state index contributed by atoms with van der Waals surface area (Å²) in [6, 6.07) is 13.6. The highest BCUT2D eigenvalue weighted by molar-refractivity contribution is 5.89. The summed E-state index contributed by atoms with van der Waals surface area (Å²) in [5, 5.41) is 11.7. The normalized spacial score (nSPS) is 22.8. The van der Waals surface area contributed by atoms with Crippen molar-refractivity contribution in [3.63, 3.8) is 0 Å². The zero-order valence-electron chi connectivity index (χ0n) is 21.4. The van der Waals surface area contributed by atoms with Crippen LogP contribution >= 0.6 is 0 Å². The summed E-state index contributed by atoms with van der Waals surface area (Å²) in [7, 11) is 0. The van der Waals surface area contributed by atoms with E-state index in [1.807, 2.05) is 61.2 Å². The van der Waals surface area contributed by atoms with Crippen LogP contribution in [-0.4, -0.2) is 40.7 Å². The lowest BCUT2D eigenvalue weighted by Gasteiger charge is -2.47. The molecule has 6 nitrogen and oxygen atoms in total. The Hall–Kier alpha value is -3.12. The minimum Gasteiger partial charge on any atom is -0.480 e. The lowest BCUT2D eigenvalue weighted by Crippen LogP contribution is -2.56. The maximum atomic E-state index is 13.4. The molecule has 1 aromatic heterocycles. The largest absolute Gasteiger partial charge is 0.480 e. The molecule has 1 saturated heterocycles. The van der Waals surface area contributed by atoms with E-state index in [2.05, 4.69) is 0 Å². The third-order valence-electron chi connectivity index (χ3n) is 8.10. The fourth-order valence-electron chi connectivity index (χ4n) is 6.00. The number of likely N-dealkylation sites (tertiary alicyclic amines) is 1. The molecule has 6 heteroatoms. The molecule has 0 bridgehead atoms. The fourth-order valence-corrected chi connectivity index (χ4v) is 6.00. The van der Waals surface area contributed by atoms with Gasteiger partial charge in [0.05, 0.1) is 11.0 Å². The number of aliphatic hydroxyl groups is 1. The number of hydrogen-bond donors (Lipinski definition) is 1. The molecule has 0 spiro atoms. The molecule has 2 aliphatic rings. The van der Waals surface area contributed by atoms with Gasteiger partial charge in [-0.3, -0.25) is 4.79 Å². The fraction of sp³-hybridized carbons (Fsp3) is 0.467. The van der Waals surface area contributed by atoms with Crippen LogP contribution in [0, 0.1) is 19.8 Å². The molecule has 0 unspecified atom stereocenters. The van der Waals surface area contributed by atoms with Crippen molar-refractivity contribution in [1.29, 1.82) is 0 Å². The molecule has 3 atom stereocenters. The highest BCUT2D eigenvalue weighted by atomic mass is 16.5. The van der Waals surface area contributed by atoms with Crippen LogP contribution in [0.5, 0.6) is 5.75 Å². The summed E-state index contributed by atoms with van der Waals surface area (Å²) < 4.78 is 12.0. The van der Waals surface area contributed by atoms with Gasteiger partial charge < -0.3 is 19.2 Å². The Morgan fingerprint density at radius 1 is 1.19 bits per heavy atom. The van der Waals surface area contributed by atoms with Gasteiger partial charge in [-0.25, -0.2) is 4.79 Å². The molecule has 2 aromatic carbocycles. The number of benzene rings is 2. The first kappa shape index (κ1) is 24.6. The Morgan fingerprint density at radius 3 is 2.75 bits per heavy atom. The van der Waals surface area contributed by atoms with Gasteiger partial charge in [0.25, 0.3) is 5.91 Å². The van der Waals surface area contributed by atoms with E-state index in [1.54, 1.807) is 6.92 Å². The topological polar surface area (TPSA) is 80.0 Å². The molecule has 2 fully saturated rings. The van der Waals surface area contributed by atoms with E-state index in [-0.39, 0.29) is 17.5 Å². The molecule has 1 aliphatic carbocycles. The van der Waals surface area contributed by atoms with Gasteiger partial charge in [0.1, 0.15) is 11.3 Å². The summed E-state index contributed by atoms with van der Waals surface area (Å²) in [5.41, 5.74) is 2.81. The average Bonchev–Trinajstić information content (AvgIpc) is 2.85. The molecular weight excluding hydrogens is 454 g/mol. The van der Waals surface area contributed by atoms with Crippen molar-refractivity contribution in [2.24, 2.45) is 5.92 Å². The molecule has 1 aliphatic heterocycles. The molecular formula is C30H35NO5. The number of ether oxygens (including phenoxy) is 1. The molecule has 2 heterocycles. The Morgan fingerprint density at radius 2 is 1.97 bits per heavy atom. The molecule has 1 saturated carbocycles. The van der Waals surface area contributed by atoms with Crippen LogP contribution in [0.3, 0.4) is 0 Å². The molecule has 1 N–H and O–H groups in total. The second-order valence-corrected chi connectivity index (χ2v) is 10.6. The van der Waals surface area contributed by atoms with Crippen LogP contribution in [-0.2, 0) is 11.2 Å². The van der Waals surface area contributed by atoms with E-state index < -0.39 is 11.7 Å². The highest BCUT2D eigenvalue weighted by Gasteiger charge is 2.44. The van der Waals surface area contributed by atoms with Crippen LogP contribution < -0.4 is 10.4 Å². The van der Waals surface area contributed by atoms with Crippen LogP contribution in [0.15, 0.2) is 51.7 Å². The van der Waals surface area contributed by atoms with E-state index in [0.29, 0.717) is 42.8 Å². The second-order valence-electron chi connectivity index (χ2n) is 10.6. The predicted molar refractivity (Wildman–Crippen MR) is 139 cm³/mol. The zero-order chi connectivity index (χ0) is 25.4. The van der Waals surface area contributed by atoms with E-state index in [9.17, 15) is 14.7 Å². The molecule has 5 rings (SSSR count). The van der Waals surface area contributed by atoms with Gasteiger partial charge in [0.2, 0.25) is 0 Å². The van der Waals surface area contributed by atoms with Gasteiger partial charge >= 0.3 is 5.63 Å². The molecule has 1 amide bonds. The predicted octanol–water partition coefficient (Wildman–Crippen LogP) is 4.92. The Balaban J connectivity index is 1.42. The zero-order valence-corrected chi connectivity index (χ0v) is 21.4. The number of carbonyl (C=O) groups excluding carboxylic acids is 1. The van der Waals surface area contributed by atoms with Gasteiger partial charge in [0.15, 0.2) is 6.10 Å². The van der Waals surface area contributed by atoms with Crippen molar-refractivity contribution in [2.75, 3.05) is 13.1 Å². The van der Waals surface area contributed by atoms with E-state index in [1.165, 1.54) is 0 Å². The van der Waals surface area contributed by atoms with Gasteiger partial charge in [-0.1, -0.05) is 43.2 Å². The van der Waals surface area contributed by atoms with Gasteiger partial charge in [0, 0.05) is 31.0 Å². The average molecular weight is 490 g/mol. The number of rotatable bonds is 5. The van der Waals surface area contributed by atoms with Gasteiger partial charge in [-0.15, -0.1) is 0 Å². The first-order valence-corrected chi connectivity index (χ1v) is 13.0. The SMILES string of the molecule is Cc1cc(O[C@H](C)C(=O)N2CC[C@]3(O)CCCC[C@@H]3C2)c2c(C)c(Cc3ccccc3)c(=O)oc2c1. The number of fused-ring (bicyclic) bond motifs is 2. The summed E-state index contributed by atoms with van der Waals surface area (Å²) in [5.74, 6) is 0.609. The van der Waals surface area contributed by atoms with Crippen LogP contribution in [0.25, 0.3) is 11.0 Å². The van der Waals surface area contributed by atoms with Gasteiger partial charge in [-0.05, 0) is 68.9 Å². The first-order chi connectivity index (χ1) is 17.2. The Kier molecular flexibility index (Phi) is 6.64. The van der Waals surface area contributed by atoms with Crippen molar-refractivity contribution in [3.8, 4) is 5.75 Å². The van der Waals surface area contributed by atoms with Crippen LogP contribution in [0.1, 0.15) is 61.3 Å². The molecule has 0 radical (unpaired) electrons. The summed E-state index contributed by atoms with van der Waals surface area (Å²) in [6.07, 6.45) is 4.33. The second kappa shape index (κ2) is 9.74. The van der Waals surface area contributed by atoms with Crippen molar-refractivity contribution in [3.05, 3.63) is 75.1 Å². The number of nitrogens with zero attached hydrogens (tertiary/aromatic N) is 1. The van der Waals surface area contributed by atoms with Crippen LogP contribution in [0.4, 0.5) is 0 Å². The van der Waals surface area contributed by atoms with Crippen molar-refractivity contribution < 1.29 is 19.1 Å². The number of hydrogen-bond acceptors (Lipinski definition) is 5. The number of piperidine rings is 1. The smallest absolute Gasteiger partial charge is 0.340 e. The third-order valence-corrected chi connectivity index (χ3v) is 8.10. The minimum atomic E-state index is -0.700. The first-order valence-electron chi connectivity index (χ1n) is 13.0. The maximum absolute atomic E-state index is 13.4. The van der Waals surface area contributed by atoms with Crippen LogP contribution in [0.2, 0.25) is 0 Å². The Bertz CT molecular complexity index is 1330. The number of carbonyl (C=O) groups is 1. The van der Waals surface area contributed by atoms with Crippen molar-refractivity contribution >= 4 is 16.9 Å². The minimum absolute atomic E-state index is 0.0724. The van der Waals surface area contributed by atoms with E-state index in [0.717, 1.165) is 47.8 Å². The summed E-state index contributed by atoms with van der Waals surface area (Å²) in [6.45, 7) is 6.73. The van der Waals surface area contributed by atoms with E-state index in [4.69, 9.17) is 9.15 Å². The molecule has 190 valence electrons. The number of aryl methyl sites for hydroxylation is 2. The Labute approximate surface area is 211 Å².